The molecule has 8 nitrogen and oxygen atoms in total. The summed E-state index contributed by atoms with van der Waals surface area (Å²) in [5.41, 5.74) is 0. The van der Waals surface area contributed by atoms with Gasteiger partial charge in [0.25, 0.3) is 7.82 Å². The first-order chi connectivity index (χ1) is 35.5. The average molecular weight is 1040 g/mol. The predicted octanol–water partition coefficient (Wildman–Crippen LogP) is 18.2. The van der Waals surface area contributed by atoms with Crippen molar-refractivity contribution in [2.45, 2.75) is 276 Å². The molecule has 0 rings (SSSR count). The summed E-state index contributed by atoms with van der Waals surface area (Å²) in [5, 5.41) is 13.9. The maximum atomic E-state index is 13.0. The highest BCUT2D eigenvalue weighted by molar-refractivity contribution is 7.45. The van der Waals surface area contributed by atoms with Crippen LogP contribution in [0.1, 0.15) is 264 Å². The SMILES string of the molecule is CC/C=C\C/C=C\C/C=C\C/C=C\C/C=C\C/C=C\CCCCCCCCCCCCC(=O)NC(COP(=O)([O-])OCC[N+](C)(C)C)C(O)/C=C/CCCCCCCCCCCCCCCCCCCCCC. The number of nitrogens with one attached hydrogen (secondary N) is 1. The monoisotopic (exact) mass is 1040 g/mol. The Morgan fingerprint density at radius 2 is 0.836 bits per heavy atom. The summed E-state index contributed by atoms with van der Waals surface area (Å²) in [7, 11) is 1.25. The van der Waals surface area contributed by atoms with Crippen LogP contribution < -0.4 is 10.2 Å². The van der Waals surface area contributed by atoms with Gasteiger partial charge in [-0.3, -0.25) is 9.36 Å². The van der Waals surface area contributed by atoms with E-state index in [0.717, 1.165) is 83.5 Å². The fourth-order valence-electron chi connectivity index (χ4n) is 8.63. The number of carbonyl (C=O) groups is 1. The number of quaternary nitrogens is 1. The molecule has 0 radical (unpaired) electrons. The molecule has 424 valence electrons. The van der Waals surface area contributed by atoms with E-state index in [1.807, 2.05) is 27.2 Å². The highest BCUT2D eigenvalue weighted by Gasteiger charge is 2.23. The molecule has 0 aliphatic carbocycles. The Kier molecular flexibility index (Phi) is 52.7. The maximum absolute atomic E-state index is 13.0. The number of aliphatic hydroxyl groups is 1. The topological polar surface area (TPSA) is 108 Å². The van der Waals surface area contributed by atoms with Crippen molar-refractivity contribution in [1.29, 1.82) is 0 Å². The van der Waals surface area contributed by atoms with Crippen LogP contribution in [-0.4, -0.2) is 68.5 Å². The number of hydrogen-bond acceptors (Lipinski definition) is 6. The summed E-state index contributed by atoms with van der Waals surface area (Å²) < 4.78 is 23.4. The summed E-state index contributed by atoms with van der Waals surface area (Å²) in [6.45, 7) is 4.55. The van der Waals surface area contributed by atoms with Crippen molar-refractivity contribution in [3.63, 3.8) is 0 Å². The molecule has 0 aliphatic heterocycles. The van der Waals surface area contributed by atoms with Crippen LogP contribution in [0.4, 0.5) is 0 Å². The average Bonchev–Trinajstić information content (AvgIpc) is 3.35. The molecular weight excluding hydrogens is 924 g/mol. The van der Waals surface area contributed by atoms with Crippen molar-refractivity contribution in [1.82, 2.24) is 5.32 Å². The quantitative estimate of drug-likeness (QED) is 0.0272. The molecule has 3 atom stereocenters. The van der Waals surface area contributed by atoms with Crippen LogP contribution in [-0.2, 0) is 18.4 Å². The van der Waals surface area contributed by atoms with Gasteiger partial charge in [0.15, 0.2) is 0 Å². The zero-order chi connectivity index (χ0) is 53.5. The van der Waals surface area contributed by atoms with E-state index in [2.05, 4.69) is 92.1 Å². The Hall–Kier alpha value is -2.32. The third-order valence-electron chi connectivity index (χ3n) is 13.4. The first-order valence-electron chi connectivity index (χ1n) is 30.4. The Morgan fingerprint density at radius 1 is 0.493 bits per heavy atom. The minimum atomic E-state index is -4.61. The first kappa shape index (κ1) is 70.7. The van der Waals surface area contributed by atoms with Crippen molar-refractivity contribution in [3.8, 4) is 0 Å². The summed E-state index contributed by atoms with van der Waals surface area (Å²) in [6.07, 6.45) is 76.6. The highest BCUT2D eigenvalue weighted by Crippen LogP contribution is 2.38. The molecule has 1 amide bonds. The molecule has 0 bridgehead atoms. The zero-order valence-corrected chi connectivity index (χ0v) is 49.2. The summed E-state index contributed by atoms with van der Waals surface area (Å²) in [5.74, 6) is -0.203. The molecule has 0 saturated heterocycles. The molecule has 0 aromatic heterocycles. The summed E-state index contributed by atoms with van der Waals surface area (Å²) in [6, 6.07) is -0.895. The van der Waals surface area contributed by atoms with E-state index in [9.17, 15) is 19.4 Å². The van der Waals surface area contributed by atoms with Crippen molar-refractivity contribution >= 4 is 13.7 Å². The van der Waals surface area contributed by atoms with E-state index in [1.54, 1.807) is 6.08 Å². The number of nitrogens with zero attached hydrogens (tertiary/aromatic N) is 1. The third kappa shape index (κ3) is 57.2. The number of amides is 1. The third-order valence-corrected chi connectivity index (χ3v) is 14.3. The van der Waals surface area contributed by atoms with Crippen molar-refractivity contribution in [2.75, 3.05) is 40.9 Å². The molecule has 3 unspecified atom stereocenters. The number of carbonyl (C=O) groups excluding carboxylic acids is 1. The fourth-order valence-corrected chi connectivity index (χ4v) is 9.35. The molecule has 9 heteroatoms. The molecule has 2 N–H and O–H groups in total. The van der Waals surface area contributed by atoms with Gasteiger partial charge in [-0.2, -0.15) is 0 Å². The van der Waals surface area contributed by atoms with Crippen molar-refractivity contribution in [3.05, 3.63) is 85.1 Å². The number of likely N-dealkylation sites (N-methyl/N-ethyl adjacent to an activating group) is 1. The second kappa shape index (κ2) is 54.5. The number of phosphoric acid groups is 1. The normalized spacial score (nSPS) is 14.5. The molecule has 0 aromatic carbocycles. The number of unbranched alkanes of at least 4 members (excludes halogenated alkanes) is 30. The minimum absolute atomic E-state index is 0.00500. The van der Waals surface area contributed by atoms with Gasteiger partial charge in [0.2, 0.25) is 5.91 Å². The maximum Gasteiger partial charge on any atom is 0.268 e. The van der Waals surface area contributed by atoms with Gasteiger partial charge in [-0.1, -0.05) is 272 Å². The lowest BCUT2D eigenvalue weighted by molar-refractivity contribution is -0.870. The van der Waals surface area contributed by atoms with E-state index in [0.29, 0.717) is 17.4 Å². The first-order valence-corrected chi connectivity index (χ1v) is 31.9. The van der Waals surface area contributed by atoms with Crippen LogP contribution in [0.25, 0.3) is 0 Å². The number of aliphatic hydroxyl groups excluding tert-OH is 1. The zero-order valence-electron chi connectivity index (χ0n) is 48.3. The van der Waals surface area contributed by atoms with Gasteiger partial charge in [-0.05, 0) is 70.6 Å². The van der Waals surface area contributed by atoms with Crippen LogP contribution in [0.3, 0.4) is 0 Å². The number of rotatable bonds is 55. The lowest BCUT2D eigenvalue weighted by Gasteiger charge is -2.29. The molecule has 73 heavy (non-hydrogen) atoms. The second-order valence-corrected chi connectivity index (χ2v) is 23.1. The van der Waals surface area contributed by atoms with Gasteiger partial charge >= 0.3 is 0 Å². The van der Waals surface area contributed by atoms with Gasteiger partial charge in [0.1, 0.15) is 13.2 Å². The molecule has 0 heterocycles. The van der Waals surface area contributed by atoms with Gasteiger partial charge in [0, 0.05) is 6.42 Å². The van der Waals surface area contributed by atoms with Gasteiger partial charge < -0.3 is 28.8 Å². The van der Waals surface area contributed by atoms with E-state index >= 15 is 0 Å². The highest BCUT2D eigenvalue weighted by atomic mass is 31.2. The molecule has 0 saturated carbocycles. The molecule has 0 aromatic rings. The van der Waals surface area contributed by atoms with Crippen molar-refractivity contribution < 1.29 is 32.9 Å². The number of phosphoric ester groups is 1. The molecule has 0 aliphatic rings. The van der Waals surface area contributed by atoms with Crippen LogP contribution >= 0.6 is 7.82 Å². The summed E-state index contributed by atoms with van der Waals surface area (Å²) >= 11 is 0. The van der Waals surface area contributed by atoms with E-state index in [1.165, 1.54) is 161 Å². The molecule has 0 spiro atoms. The predicted molar refractivity (Wildman–Crippen MR) is 316 cm³/mol. The smallest absolute Gasteiger partial charge is 0.268 e. The Labute approximate surface area is 452 Å². The lowest BCUT2D eigenvalue weighted by Crippen LogP contribution is -2.45. The van der Waals surface area contributed by atoms with E-state index < -0.39 is 20.0 Å². The standard InChI is InChI=1S/C64H117N2O6P/c1-6-8-10-12-14-16-18-20-22-24-26-28-30-31-32-33-34-35-36-38-40-42-44-46-48-50-52-54-56-58-64(68)65-62(61-72-73(69,70)71-60-59-66(3,4)5)63(67)57-55-53-51-49-47-45-43-41-39-37-29-27-25-23-21-19-17-15-13-11-9-7-2/h8,10,14,16,20,22,26,28,31-32,34-35,55,57,62-63,67H,6-7,9,11-13,15,17-19,21,23-25,27,29-30,33,36-54,56,58-61H2,1-5H3,(H-,65,68,69,70)/b10-8-,16-14-,22-20-,28-26-,32-31-,35-34-,57-55+. The number of hydrogen-bond donors (Lipinski definition) is 2. The second-order valence-electron chi connectivity index (χ2n) is 21.7. The van der Waals surface area contributed by atoms with E-state index in [4.69, 9.17) is 9.05 Å². The lowest BCUT2D eigenvalue weighted by atomic mass is 10.0. The van der Waals surface area contributed by atoms with Crippen LogP contribution in [0.15, 0.2) is 85.1 Å². The van der Waals surface area contributed by atoms with Gasteiger partial charge in [0.05, 0.1) is 39.9 Å². The summed E-state index contributed by atoms with van der Waals surface area (Å²) in [4.78, 5) is 25.6. The Balaban J connectivity index is 4.21. The molecular formula is C64H117N2O6P. The van der Waals surface area contributed by atoms with Crippen molar-refractivity contribution in [2.24, 2.45) is 0 Å². The number of allylic oxidation sites excluding steroid dienone is 13. The van der Waals surface area contributed by atoms with Crippen LogP contribution in [0.2, 0.25) is 0 Å². The molecule has 0 fully saturated rings. The Bertz CT molecular complexity index is 1460. The largest absolute Gasteiger partial charge is 0.756 e. The fraction of sp³-hybridized carbons (Fsp3) is 0.766. The van der Waals surface area contributed by atoms with E-state index in [-0.39, 0.29) is 19.1 Å². The Morgan fingerprint density at radius 3 is 1.22 bits per heavy atom. The van der Waals surface area contributed by atoms with Gasteiger partial charge in [-0.25, -0.2) is 0 Å². The van der Waals surface area contributed by atoms with Crippen LogP contribution in [0, 0.1) is 0 Å². The minimum Gasteiger partial charge on any atom is -0.756 e. The van der Waals surface area contributed by atoms with Crippen LogP contribution in [0.5, 0.6) is 0 Å². The van der Waals surface area contributed by atoms with Gasteiger partial charge in [-0.15, -0.1) is 0 Å².